The zero-order valence-corrected chi connectivity index (χ0v) is 29.8. The van der Waals surface area contributed by atoms with Crippen molar-refractivity contribution in [3.8, 4) is 23.0 Å². The third kappa shape index (κ3) is 8.71. The Bertz CT molecular complexity index is 2170. The maximum atomic E-state index is 12.2. The summed E-state index contributed by atoms with van der Waals surface area (Å²) in [6.07, 6.45) is 6.56. The Hall–Kier alpha value is -5.75. The van der Waals surface area contributed by atoms with E-state index in [0.717, 1.165) is 53.7 Å². The van der Waals surface area contributed by atoms with Crippen molar-refractivity contribution in [2.75, 3.05) is 35.0 Å². The standard InChI is InChI=1S/C23H22O2.C22H23NO3/c1-24-22-14-20-9-5-8-19(21(20)15-23(22)25-2)13-16-10-11-17-6-3-4-7-18(17)12-16;1-25-20-10-8-16(14-21(20)26-2)11-12-23-22(24)15-17-7-9-18-5-3-4-6-19(18)13-17/h3-4,6-8,10-12,14-15H,5,9,13H2,1-2H3;3-10,13-14H,11-12,15H2,1-2H3,(H,23,24). The second kappa shape index (κ2) is 16.8. The number of allylic oxidation sites excluding steroid dienone is 2. The summed E-state index contributed by atoms with van der Waals surface area (Å²) in [5.74, 6) is 3.05. The number of ether oxygens (including phenoxy) is 4. The SMILES string of the molecule is COc1cc2c(cc1OC)C(Cc1ccc3ccccc3c1)=CCC2.COc1ccc(CCNC(=O)Cc2ccc3ccccc3c2)cc1OC. The van der Waals surface area contributed by atoms with Crippen LogP contribution < -0.4 is 24.3 Å². The topological polar surface area (TPSA) is 66.0 Å². The predicted octanol–water partition coefficient (Wildman–Crippen LogP) is 9.19. The van der Waals surface area contributed by atoms with E-state index in [0.29, 0.717) is 24.5 Å². The predicted molar refractivity (Wildman–Crippen MR) is 207 cm³/mol. The van der Waals surface area contributed by atoms with Crippen LogP contribution in [0.15, 0.2) is 121 Å². The molecule has 0 saturated carbocycles. The number of carbonyl (C=O) groups excluding carboxylic acids is 1. The van der Waals surface area contributed by atoms with Gasteiger partial charge in [0.05, 0.1) is 34.9 Å². The largest absolute Gasteiger partial charge is 0.493 e. The van der Waals surface area contributed by atoms with E-state index in [1.54, 1.807) is 28.4 Å². The summed E-state index contributed by atoms with van der Waals surface area (Å²) in [6, 6.07) is 39.6. The minimum Gasteiger partial charge on any atom is -0.493 e. The Labute approximate surface area is 300 Å². The van der Waals surface area contributed by atoms with Crippen molar-refractivity contribution in [3.05, 3.63) is 149 Å². The Kier molecular flexibility index (Phi) is 11.5. The second-order valence-electron chi connectivity index (χ2n) is 12.6. The number of fused-ring (bicyclic) bond motifs is 3. The van der Waals surface area contributed by atoms with E-state index in [2.05, 4.69) is 90.3 Å². The van der Waals surface area contributed by atoms with Crippen LogP contribution in [0.5, 0.6) is 23.0 Å². The van der Waals surface area contributed by atoms with Gasteiger partial charge in [-0.2, -0.15) is 0 Å². The van der Waals surface area contributed by atoms with E-state index in [4.69, 9.17) is 18.9 Å². The van der Waals surface area contributed by atoms with Crippen molar-refractivity contribution in [1.29, 1.82) is 0 Å². The van der Waals surface area contributed by atoms with Crippen LogP contribution in [0, 0.1) is 0 Å². The van der Waals surface area contributed by atoms with Gasteiger partial charge in [-0.15, -0.1) is 0 Å². The van der Waals surface area contributed by atoms with Gasteiger partial charge in [0, 0.05) is 6.54 Å². The highest BCUT2D eigenvalue weighted by Crippen LogP contribution is 2.38. The van der Waals surface area contributed by atoms with Gasteiger partial charge in [0.15, 0.2) is 23.0 Å². The molecule has 1 amide bonds. The minimum absolute atomic E-state index is 0.0285. The number of nitrogens with one attached hydrogen (secondary N) is 1. The summed E-state index contributed by atoms with van der Waals surface area (Å²) in [5.41, 5.74) is 7.46. The molecule has 1 N–H and O–H groups in total. The van der Waals surface area contributed by atoms with E-state index < -0.39 is 0 Å². The van der Waals surface area contributed by atoms with Crippen LogP contribution >= 0.6 is 0 Å². The molecule has 7 rings (SSSR count). The summed E-state index contributed by atoms with van der Waals surface area (Å²) < 4.78 is 21.5. The van der Waals surface area contributed by atoms with Gasteiger partial charge in [0.1, 0.15) is 0 Å². The molecule has 0 unspecified atom stereocenters. The third-order valence-electron chi connectivity index (χ3n) is 9.33. The van der Waals surface area contributed by atoms with Gasteiger partial charge in [-0.3, -0.25) is 4.79 Å². The van der Waals surface area contributed by atoms with Crippen LogP contribution in [0.2, 0.25) is 0 Å². The average Bonchev–Trinajstić information content (AvgIpc) is 3.17. The van der Waals surface area contributed by atoms with E-state index in [1.165, 1.54) is 38.4 Å². The molecule has 0 saturated heterocycles. The number of amides is 1. The number of hydrogen-bond donors (Lipinski definition) is 1. The van der Waals surface area contributed by atoms with Crippen molar-refractivity contribution < 1.29 is 23.7 Å². The lowest BCUT2D eigenvalue weighted by Crippen LogP contribution is -2.27. The van der Waals surface area contributed by atoms with Gasteiger partial charge in [-0.25, -0.2) is 0 Å². The molecule has 0 fully saturated rings. The molecule has 1 aliphatic rings. The van der Waals surface area contributed by atoms with E-state index in [-0.39, 0.29) is 5.91 Å². The van der Waals surface area contributed by atoms with Crippen molar-refractivity contribution in [3.63, 3.8) is 0 Å². The van der Waals surface area contributed by atoms with E-state index in [1.807, 2.05) is 36.4 Å². The maximum Gasteiger partial charge on any atom is 0.224 e. The number of methoxy groups -OCH3 is 4. The number of aryl methyl sites for hydroxylation is 1. The molecular formula is C45H45NO5. The van der Waals surface area contributed by atoms with E-state index >= 15 is 0 Å². The Balaban J connectivity index is 0.000000176. The smallest absolute Gasteiger partial charge is 0.224 e. The molecule has 0 bridgehead atoms. The number of benzene rings is 6. The van der Waals surface area contributed by atoms with Crippen molar-refractivity contribution >= 4 is 33.0 Å². The van der Waals surface area contributed by atoms with Crippen LogP contribution in [-0.4, -0.2) is 40.9 Å². The lowest BCUT2D eigenvalue weighted by molar-refractivity contribution is -0.120. The highest BCUT2D eigenvalue weighted by atomic mass is 16.5. The number of rotatable bonds is 11. The summed E-state index contributed by atoms with van der Waals surface area (Å²) >= 11 is 0. The molecule has 0 spiro atoms. The molecule has 6 nitrogen and oxygen atoms in total. The summed E-state index contributed by atoms with van der Waals surface area (Å²) in [6.45, 7) is 0.585. The molecule has 6 heteroatoms. The third-order valence-corrected chi connectivity index (χ3v) is 9.33. The fraction of sp³-hybridized carbons (Fsp3) is 0.222. The Morgan fingerprint density at radius 3 is 1.82 bits per heavy atom. The minimum atomic E-state index is 0.0285. The van der Waals surface area contributed by atoms with Gasteiger partial charge in [-0.1, -0.05) is 97.1 Å². The average molecular weight is 680 g/mol. The van der Waals surface area contributed by atoms with Crippen LogP contribution in [0.3, 0.4) is 0 Å². The zero-order valence-electron chi connectivity index (χ0n) is 29.8. The van der Waals surface area contributed by atoms with Gasteiger partial charge in [0.2, 0.25) is 5.91 Å². The molecule has 6 aromatic rings. The highest BCUT2D eigenvalue weighted by Gasteiger charge is 2.17. The van der Waals surface area contributed by atoms with Crippen molar-refractivity contribution in [1.82, 2.24) is 5.32 Å². The highest BCUT2D eigenvalue weighted by molar-refractivity contribution is 5.86. The molecule has 6 aromatic carbocycles. The van der Waals surface area contributed by atoms with Crippen LogP contribution in [-0.2, 0) is 30.5 Å². The van der Waals surface area contributed by atoms with Crippen LogP contribution in [0.25, 0.3) is 27.1 Å². The summed E-state index contributed by atoms with van der Waals surface area (Å²) in [4.78, 5) is 12.2. The van der Waals surface area contributed by atoms with Gasteiger partial charge < -0.3 is 24.3 Å². The normalized spacial score (nSPS) is 11.9. The molecule has 0 aromatic heterocycles. The molecule has 0 atom stereocenters. The molecule has 51 heavy (non-hydrogen) atoms. The first-order valence-electron chi connectivity index (χ1n) is 17.3. The Morgan fingerprint density at radius 1 is 0.588 bits per heavy atom. The lowest BCUT2D eigenvalue weighted by atomic mass is 9.86. The monoisotopic (exact) mass is 679 g/mol. The Morgan fingerprint density at radius 2 is 1.16 bits per heavy atom. The molecule has 0 radical (unpaired) electrons. The zero-order chi connectivity index (χ0) is 35.6. The first-order valence-corrected chi connectivity index (χ1v) is 17.3. The quantitative estimate of drug-likeness (QED) is 0.148. The lowest BCUT2D eigenvalue weighted by Gasteiger charge is -2.21. The second-order valence-corrected chi connectivity index (χ2v) is 12.6. The van der Waals surface area contributed by atoms with Crippen LogP contribution in [0.1, 0.15) is 34.2 Å². The van der Waals surface area contributed by atoms with Crippen LogP contribution in [0.4, 0.5) is 0 Å². The van der Waals surface area contributed by atoms with Gasteiger partial charge in [0.25, 0.3) is 0 Å². The molecule has 260 valence electrons. The summed E-state index contributed by atoms with van der Waals surface area (Å²) in [7, 11) is 6.62. The summed E-state index contributed by atoms with van der Waals surface area (Å²) in [5, 5.41) is 7.91. The number of hydrogen-bond acceptors (Lipinski definition) is 5. The fourth-order valence-electron chi connectivity index (χ4n) is 6.65. The maximum absolute atomic E-state index is 12.2. The van der Waals surface area contributed by atoms with Crippen molar-refractivity contribution in [2.24, 2.45) is 0 Å². The van der Waals surface area contributed by atoms with E-state index in [9.17, 15) is 4.79 Å². The first kappa shape index (κ1) is 35.1. The molecule has 1 aliphatic carbocycles. The first-order chi connectivity index (χ1) is 25.0. The van der Waals surface area contributed by atoms with Gasteiger partial charge >= 0.3 is 0 Å². The molecule has 0 heterocycles. The fourth-order valence-corrected chi connectivity index (χ4v) is 6.65. The van der Waals surface area contributed by atoms with Crippen molar-refractivity contribution in [2.45, 2.75) is 32.1 Å². The molecular weight excluding hydrogens is 634 g/mol. The molecule has 0 aliphatic heterocycles. The number of carbonyl (C=O) groups is 1. The van der Waals surface area contributed by atoms with Gasteiger partial charge in [-0.05, 0) is 105 Å².